The highest BCUT2D eigenvalue weighted by Gasteiger charge is 2.17. The molecule has 0 atom stereocenters. The number of amides is 1. The Morgan fingerprint density at radius 2 is 2.10 bits per heavy atom. The van der Waals surface area contributed by atoms with Crippen LogP contribution in [0.4, 0.5) is 0 Å². The normalized spacial score (nSPS) is 10.7. The molecule has 2 heterocycles. The molecule has 0 aliphatic carbocycles. The first kappa shape index (κ1) is 20.7. The summed E-state index contributed by atoms with van der Waals surface area (Å²) in [7, 11) is 1.80. The quantitative estimate of drug-likeness (QED) is 0.372. The van der Waals surface area contributed by atoms with Crippen molar-refractivity contribution >= 4 is 17.7 Å². The number of carbonyl (C=O) groups excluding carboxylic acids is 1. The number of hydrogen-bond donors (Lipinski definition) is 0. The van der Waals surface area contributed by atoms with Gasteiger partial charge in [-0.15, -0.1) is 10.2 Å². The standard InChI is InChI=1S/C21H24N4O3S/c1-4-12-27-17-10-8-16(9-11-17)14-24(3)19(26)15-29-21-23-22-20(25(21)5-2)18-7-6-13-28-18/h4,6-11,13H,1,5,12,14-15H2,2-3H3. The molecule has 0 aliphatic rings. The molecule has 3 aromatic rings. The van der Waals surface area contributed by atoms with E-state index in [9.17, 15) is 4.79 Å². The van der Waals surface area contributed by atoms with E-state index in [4.69, 9.17) is 9.15 Å². The largest absolute Gasteiger partial charge is 0.490 e. The third-order valence-corrected chi connectivity index (χ3v) is 5.19. The molecular weight excluding hydrogens is 388 g/mol. The predicted octanol–water partition coefficient (Wildman–Crippen LogP) is 3.87. The molecule has 29 heavy (non-hydrogen) atoms. The first-order valence-electron chi connectivity index (χ1n) is 9.28. The summed E-state index contributed by atoms with van der Waals surface area (Å²) in [6.07, 6.45) is 3.31. The fourth-order valence-corrected chi connectivity index (χ4v) is 3.66. The number of benzene rings is 1. The molecule has 0 unspecified atom stereocenters. The van der Waals surface area contributed by atoms with E-state index in [0.717, 1.165) is 11.3 Å². The Balaban J connectivity index is 1.56. The number of aromatic nitrogens is 3. The minimum atomic E-state index is 0.0205. The molecule has 0 bridgehead atoms. The Morgan fingerprint density at radius 1 is 1.31 bits per heavy atom. The van der Waals surface area contributed by atoms with Crippen molar-refractivity contribution in [3.8, 4) is 17.3 Å². The average molecular weight is 413 g/mol. The summed E-state index contributed by atoms with van der Waals surface area (Å²) < 4.78 is 12.8. The van der Waals surface area contributed by atoms with Crippen LogP contribution in [0.1, 0.15) is 12.5 Å². The van der Waals surface area contributed by atoms with Gasteiger partial charge in [-0.25, -0.2) is 0 Å². The number of nitrogens with zero attached hydrogens (tertiary/aromatic N) is 4. The van der Waals surface area contributed by atoms with Crippen LogP contribution in [0.15, 0.2) is 64.9 Å². The van der Waals surface area contributed by atoms with Gasteiger partial charge in [-0.05, 0) is 36.8 Å². The fraction of sp³-hybridized carbons (Fsp3) is 0.286. The SMILES string of the molecule is C=CCOc1ccc(CN(C)C(=O)CSc2nnc(-c3ccco3)n2CC)cc1. The molecule has 0 saturated heterocycles. The molecule has 1 amide bonds. The number of carbonyl (C=O) groups is 1. The van der Waals surface area contributed by atoms with Gasteiger partial charge in [0.25, 0.3) is 0 Å². The molecule has 2 aromatic heterocycles. The van der Waals surface area contributed by atoms with Crippen LogP contribution in [-0.4, -0.2) is 45.0 Å². The molecule has 0 radical (unpaired) electrons. The molecule has 152 valence electrons. The summed E-state index contributed by atoms with van der Waals surface area (Å²) in [6.45, 7) is 7.33. The zero-order chi connectivity index (χ0) is 20.6. The highest BCUT2D eigenvalue weighted by Crippen LogP contribution is 2.24. The van der Waals surface area contributed by atoms with Crippen molar-refractivity contribution in [2.45, 2.75) is 25.2 Å². The summed E-state index contributed by atoms with van der Waals surface area (Å²) >= 11 is 1.38. The lowest BCUT2D eigenvalue weighted by Gasteiger charge is -2.17. The van der Waals surface area contributed by atoms with Gasteiger partial charge in [0, 0.05) is 20.1 Å². The summed E-state index contributed by atoms with van der Waals surface area (Å²) in [4.78, 5) is 14.3. The minimum absolute atomic E-state index is 0.0205. The van der Waals surface area contributed by atoms with Crippen LogP contribution < -0.4 is 4.74 Å². The number of ether oxygens (including phenoxy) is 1. The van der Waals surface area contributed by atoms with Crippen molar-refractivity contribution in [3.05, 3.63) is 60.9 Å². The van der Waals surface area contributed by atoms with Crippen LogP contribution >= 0.6 is 11.8 Å². The third-order valence-electron chi connectivity index (χ3n) is 4.24. The van der Waals surface area contributed by atoms with Crippen molar-refractivity contribution in [2.75, 3.05) is 19.4 Å². The Morgan fingerprint density at radius 3 is 2.76 bits per heavy atom. The van der Waals surface area contributed by atoms with Gasteiger partial charge >= 0.3 is 0 Å². The molecule has 3 rings (SSSR count). The number of hydrogen-bond acceptors (Lipinski definition) is 6. The molecule has 0 spiro atoms. The molecule has 0 aliphatic heterocycles. The lowest BCUT2D eigenvalue weighted by Crippen LogP contribution is -2.27. The van der Waals surface area contributed by atoms with E-state index in [1.807, 2.05) is 47.9 Å². The highest BCUT2D eigenvalue weighted by atomic mass is 32.2. The molecule has 0 fully saturated rings. The van der Waals surface area contributed by atoms with Crippen LogP contribution in [0.2, 0.25) is 0 Å². The molecule has 7 nitrogen and oxygen atoms in total. The lowest BCUT2D eigenvalue weighted by atomic mass is 10.2. The first-order valence-corrected chi connectivity index (χ1v) is 10.3. The van der Waals surface area contributed by atoms with E-state index in [0.29, 0.717) is 36.4 Å². The Bertz CT molecular complexity index is 936. The maximum atomic E-state index is 12.6. The van der Waals surface area contributed by atoms with Gasteiger partial charge in [0.2, 0.25) is 5.91 Å². The van der Waals surface area contributed by atoms with Crippen molar-refractivity contribution < 1.29 is 13.9 Å². The van der Waals surface area contributed by atoms with E-state index < -0.39 is 0 Å². The average Bonchev–Trinajstić information content (AvgIpc) is 3.40. The van der Waals surface area contributed by atoms with Gasteiger partial charge in [0.1, 0.15) is 12.4 Å². The van der Waals surface area contributed by atoms with Gasteiger partial charge in [0.05, 0.1) is 12.0 Å². The van der Waals surface area contributed by atoms with Crippen molar-refractivity contribution in [1.82, 2.24) is 19.7 Å². The monoisotopic (exact) mass is 412 g/mol. The van der Waals surface area contributed by atoms with E-state index in [1.165, 1.54) is 11.8 Å². The summed E-state index contributed by atoms with van der Waals surface area (Å²) in [5, 5.41) is 9.12. The predicted molar refractivity (Wildman–Crippen MR) is 113 cm³/mol. The highest BCUT2D eigenvalue weighted by molar-refractivity contribution is 7.99. The van der Waals surface area contributed by atoms with E-state index in [-0.39, 0.29) is 11.7 Å². The van der Waals surface area contributed by atoms with Crippen LogP contribution in [0.3, 0.4) is 0 Å². The second-order valence-corrected chi connectivity index (χ2v) is 7.25. The Hall–Kier alpha value is -3.00. The summed E-state index contributed by atoms with van der Waals surface area (Å²) in [6, 6.07) is 11.4. The topological polar surface area (TPSA) is 73.4 Å². The second-order valence-electron chi connectivity index (χ2n) is 6.31. The van der Waals surface area contributed by atoms with Crippen molar-refractivity contribution in [1.29, 1.82) is 0 Å². The summed E-state index contributed by atoms with van der Waals surface area (Å²) in [5.41, 5.74) is 1.04. The molecule has 8 heteroatoms. The van der Waals surface area contributed by atoms with Crippen molar-refractivity contribution in [3.63, 3.8) is 0 Å². The van der Waals surface area contributed by atoms with Gasteiger partial charge in [-0.2, -0.15) is 0 Å². The number of thioether (sulfide) groups is 1. The zero-order valence-electron chi connectivity index (χ0n) is 16.6. The molecule has 1 aromatic carbocycles. The van der Waals surface area contributed by atoms with Gasteiger partial charge < -0.3 is 14.1 Å². The maximum Gasteiger partial charge on any atom is 0.233 e. The first-order chi connectivity index (χ1) is 14.1. The lowest BCUT2D eigenvalue weighted by molar-refractivity contribution is -0.127. The van der Waals surface area contributed by atoms with Gasteiger partial charge in [0.15, 0.2) is 16.7 Å². The van der Waals surface area contributed by atoms with Gasteiger partial charge in [-0.1, -0.05) is 36.5 Å². The number of rotatable bonds is 10. The zero-order valence-corrected chi connectivity index (χ0v) is 17.4. The Kier molecular flexibility index (Phi) is 7.13. The van der Waals surface area contributed by atoms with Crippen LogP contribution in [0.5, 0.6) is 5.75 Å². The smallest absolute Gasteiger partial charge is 0.233 e. The van der Waals surface area contributed by atoms with E-state index in [2.05, 4.69) is 16.8 Å². The van der Waals surface area contributed by atoms with Crippen LogP contribution in [-0.2, 0) is 17.9 Å². The van der Waals surface area contributed by atoms with Crippen LogP contribution in [0, 0.1) is 0 Å². The minimum Gasteiger partial charge on any atom is -0.490 e. The maximum absolute atomic E-state index is 12.6. The molecular formula is C21H24N4O3S. The molecule has 0 N–H and O–H groups in total. The Labute approximate surface area is 174 Å². The summed E-state index contributed by atoms with van der Waals surface area (Å²) in [5.74, 6) is 2.42. The van der Waals surface area contributed by atoms with Crippen LogP contribution in [0.25, 0.3) is 11.6 Å². The number of furan rings is 1. The van der Waals surface area contributed by atoms with E-state index in [1.54, 1.807) is 24.3 Å². The van der Waals surface area contributed by atoms with Crippen molar-refractivity contribution in [2.24, 2.45) is 0 Å². The molecule has 0 saturated carbocycles. The second kappa shape index (κ2) is 9.97. The fourth-order valence-electron chi connectivity index (χ4n) is 2.71. The van der Waals surface area contributed by atoms with E-state index >= 15 is 0 Å². The third kappa shape index (κ3) is 5.29. The van der Waals surface area contributed by atoms with Gasteiger partial charge in [-0.3, -0.25) is 9.36 Å².